The standard InChI is InChI=1S/C24H30Cl3N3O5S/c1-5-10-28-24(32)21(6-2)29(14-16-8-7-9-17(11-16)35-3)23(31)15-30(36(4,33)34)22-13-19(26)18(25)12-20(22)27/h7-9,11-13,21H,5-6,10,14-15H2,1-4H3,(H,28,32). The number of hydrogen-bond acceptors (Lipinski definition) is 5. The third-order valence-corrected chi connectivity index (χ3v) is 7.51. The fourth-order valence-electron chi connectivity index (χ4n) is 3.55. The predicted octanol–water partition coefficient (Wildman–Crippen LogP) is 4.76. The molecular formula is C24H30Cl3N3O5S. The number of nitrogens with zero attached hydrogens (tertiary/aromatic N) is 2. The minimum atomic E-state index is -3.97. The molecule has 0 bridgehead atoms. The van der Waals surface area contributed by atoms with Gasteiger partial charge in [-0.15, -0.1) is 0 Å². The van der Waals surface area contributed by atoms with Crippen molar-refractivity contribution < 1.29 is 22.7 Å². The lowest BCUT2D eigenvalue weighted by Gasteiger charge is -2.33. The SMILES string of the molecule is CCCNC(=O)C(CC)N(Cc1cccc(OC)c1)C(=O)CN(c1cc(Cl)c(Cl)cc1Cl)S(C)(=O)=O. The first-order chi connectivity index (χ1) is 16.9. The molecule has 2 aromatic carbocycles. The van der Waals surface area contributed by atoms with E-state index in [-0.39, 0.29) is 33.2 Å². The number of carbonyl (C=O) groups is 2. The Morgan fingerprint density at radius 1 is 1.06 bits per heavy atom. The van der Waals surface area contributed by atoms with E-state index in [1.54, 1.807) is 31.2 Å². The van der Waals surface area contributed by atoms with Crippen LogP contribution in [0.15, 0.2) is 36.4 Å². The molecule has 0 spiro atoms. The third-order valence-electron chi connectivity index (χ3n) is 5.36. The second-order valence-electron chi connectivity index (χ2n) is 8.08. The monoisotopic (exact) mass is 577 g/mol. The summed E-state index contributed by atoms with van der Waals surface area (Å²) in [7, 11) is -2.44. The Morgan fingerprint density at radius 3 is 2.31 bits per heavy atom. The molecule has 12 heteroatoms. The number of ether oxygens (including phenoxy) is 1. The number of sulfonamides is 1. The maximum absolute atomic E-state index is 13.7. The summed E-state index contributed by atoms with van der Waals surface area (Å²) in [4.78, 5) is 28.0. The molecule has 0 aliphatic carbocycles. The lowest BCUT2D eigenvalue weighted by Crippen LogP contribution is -2.52. The van der Waals surface area contributed by atoms with E-state index < -0.39 is 28.5 Å². The number of rotatable bonds is 12. The van der Waals surface area contributed by atoms with E-state index >= 15 is 0 Å². The molecule has 0 saturated carbocycles. The van der Waals surface area contributed by atoms with E-state index in [2.05, 4.69) is 5.32 Å². The fourth-order valence-corrected chi connectivity index (χ4v) is 5.10. The van der Waals surface area contributed by atoms with Gasteiger partial charge in [-0.1, -0.05) is 60.8 Å². The summed E-state index contributed by atoms with van der Waals surface area (Å²) < 4.78 is 31.6. The molecule has 0 heterocycles. The number of amides is 2. The molecule has 8 nitrogen and oxygen atoms in total. The van der Waals surface area contributed by atoms with Gasteiger partial charge in [-0.2, -0.15) is 0 Å². The van der Waals surface area contributed by atoms with Crippen molar-refractivity contribution in [3.8, 4) is 5.75 Å². The molecule has 0 aromatic heterocycles. The molecule has 198 valence electrons. The minimum Gasteiger partial charge on any atom is -0.497 e. The zero-order chi connectivity index (χ0) is 27.0. The molecule has 36 heavy (non-hydrogen) atoms. The first-order valence-corrected chi connectivity index (χ1v) is 14.2. The summed E-state index contributed by atoms with van der Waals surface area (Å²) in [5.74, 6) is -0.332. The van der Waals surface area contributed by atoms with E-state index in [0.29, 0.717) is 24.3 Å². The van der Waals surface area contributed by atoms with Crippen molar-refractivity contribution in [3.63, 3.8) is 0 Å². The van der Waals surface area contributed by atoms with E-state index in [1.807, 2.05) is 6.92 Å². The smallest absolute Gasteiger partial charge is 0.244 e. The van der Waals surface area contributed by atoms with Crippen molar-refractivity contribution >= 4 is 62.3 Å². The van der Waals surface area contributed by atoms with E-state index in [4.69, 9.17) is 39.5 Å². The van der Waals surface area contributed by atoms with E-state index in [0.717, 1.165) is 17.0 Å². The normalized spacial score (nSPS) is 12.1. The summed E-state index contributed by atoms with van der Waals surface area (Å²) in [6.45, 7) is 3.61. The summed E-state index contributed by atoms with van der Waals surface area (Å²) in [5.41, 5.74) is 0.717. The van der Waals surface area contributed by atoms with Gasteiger partial charge in [0.2, 0.25) is 21.8 Å². The molecule has 0 aliphatic rings. The van der Waals surface area contributed by atoms with Crippen molar-refractivity contribution in [2.24, 2.45) is 0 Å². The number of benzene rings is 2. The quantitative estimate of drug-likeness (QED) is 0.367. The van der Waals surface area contributed by atoms with Crippen molar-refractivity contribution in [2.45, 2.75) is 39.3 Å². The van der Waals surface area contributed by atoms with Gasteiger partial charge in [0, 0.05) is 13.1 Å². The van der Waals surface area contributed by atoms with Crippen molar-refractivity contribution in [2.75, 3.05) is 30.8 Å². The molecule has 2 rings (SSSR count). The lowest BCUT2D eigenvalue weighted by molar-refractivity contribution is -0.140. The zero-order valence-electron chi connectivity index (χ0n) is 20.6. The average molecular weight is 579 g/mol. The molecule has 0 aliphatic heterocycles. The van der Waals surface area contributed by atoms with Gasteiger partial charge in [0.05, 0.1) is 34.1 Å². The molecule has 0 saturated heterocycles. The van der Waals surface area contributed by atoms with Crippen molar-refractivity contribution in [1.29, 1.82) is 0 Å². The van der Waals surface area contributed by atoms with Crippen LogP contribution in [0.3, 0.4) is 0 Å². The number of nitrogens with one attached hydrogen (secondary N) is 1. The summed E-state index contributed by atoms with van der Waals surface area (Å²) >= 11 is 18.4. The summed E-state index contributed by atoms with van der Waals surface area (Å²) in [5, 5.41) is 3.05. The van der Waals surface area contributed by atoms with Crippen LogP contribution in [0.25, 0.3) is 0 Å². The second kappa shape index (κ2) is 13.4. The average Bonchev–Trinajstić information content (AvgIpc) is 2.82. The van der Waals surface area contributed by atoms with Crippen LogP contribution < -0.4 is 14.4 Å². The molecule has 1 N–H and O–H groups in total. The maximum atomic E-state index is 13.7. The molecule has 2 aromatic rings. The Kier molecular flexibility index (Phi) is 11.2. The van der Waals surface area contributed by atoms with Gasteiger partial charge in [-0.05, 0) is 42.7 Å². The van der Waals surface area contributed by atoms with Crippen LogP contribution in [-0.4, -0.2) is 57.6 Å². The third kappa shape index (κ3) is 7.90. The van der Waals surface area contributed by atoms with Gasteiger partial charge in [-0.3, -0.25) is 13.9 Å². The van der Waals surface area contributed by atoms with Crippen LogP contribution >= 0.6 is 34.8 Å². The number of halogens is 3. The van der Waals surface area contributed by atoms with Crippen LogP contribution in [0.2, 0.25) is 15.1 Å². The highest BCUT2D eigenvalue weighted by molar-refractivity contribution is 7.92. The van der Waals surface area contributed by atoms with Crippen LogP contribution in [0, 0.1) is 0 Å². The molecular weight excluding hydrogens is 549 g/mol. The van der Waals surface area contributed by atoms with Crippen molar-refractivity contribution in [3.05, 3.63) is 57.0 Å². The number of anilines is 1. The van der Waals surface area contributed by atoms with Gasteiger partial charge in [0.25, 0.3) is 0 Å². The Bertz CT molecular complexity index is 1190. The van der Waals surface area contributed by atoms with Gasteiger partial charge in [0.1, 0.15) is 18.3 Å². The lowest BCUT2D eigenvalue weighted by atomic mass is 10.1. The highest BCUT2D eigenvalue weighted by atomic mass is 35.5. The zero-order valence-corrected chi connectivity index (χ0v) is 23.6. The first kappa shape index (κ1) is 30.0. The topological polar surface area (TPSA) is 96.0 Å². The highest BCUT2D eigenvalue weighted by Crippen LogP contribution is 2.35. The Balaban J connectivity index is 2.50. The van der Waals surface area contributed by atoms with Crippen LogP contribution in [-0.2, 0) is 26.2 Å². The number of methoxy groups -OCH3 is 1. The maximum Gasteiger partial charge on any atom is 0.244 e. The van der Waals surface area contributed by atoms with Crippen LogP contribution in [0.4, 0.5) is 5.69 Å². The molecule has 2 amide bonds. The van der Waals surface area contributed by atoms with E-state index in [9.17, 15) is 18.0 Å². The second-order valence-corrected chi connectivity index (χ2v) is 11.2. The van der Waals surface area contributed by atoms with Gasteiger partial charge in [-0.25, -0.2) is 8.42 Å². The largest absolute Gasteiger partial charge is 0.497 e. The van der Waals surface area contributed by atoms with Gasteiger partial charge in [0.15, 0.2) is 0 Å². The number of hydrogen-bond donors (Lipinski definition) is 1. The Morgan fingerprint density at radius 2 is 1.72 bits per heavy atom. The molecule has 0 fully saturated rings. The minimum absolute atomic E-state index is 0.00623. The van der Waals surface area contributed by atoms with E-state index in [1.165, 1.54) is 24.1 Å². The predicted molar refractivity (Wildman–Crippen MR) is 145 cm³/mol. The first-order valence-electron chi connectivity index (χ1n) is 11.2. The molecule has 1 atom stereocenters. The summed E-state index contributed by atoms with van der Waals surface area (Å²) in [6, 6.07) is 8.85. The fraction of sp³-hybridized carbons (Fsp3) is 0.417. The van der Waals surface area contributed by atoms with Crippen molar-refractivity contribution in [1.82, 2.24) is 10.2 Å². The molecule has 0 radical (unpaired) electrons. The van der Waals surface area contributed by atoms with Gasteiger partial charge < -0.3 is 15.0 Å². The van der Waals surface area contributed by atoms with Crippen LogP contribution in [0.1, 0.15) is 32.3 Å². The summed E-state index contributed by atoms with van der Waals surface area (Å²) in [6.07, 6.45) is 2.00. The van der Waals surface area contributed by atoms with Gasteiger partial charge >= 0.3 is 0 Å². The Hall–Kier alpha value is -2.20. The number of carbonyl (C=O) groups excluding carboxylic acids is 2. The highest BCUT2D eigenvalue weighted by Gasteiger charge is 2.32. The van der Waals surface area contributed by atoms with Crippen LogP contribution in [0.5, 0.6) is 5.75 Å². The molecule has 1 unspecified atom stereocenters. The Labute approximate surface area is 227 Å².